The third-order valence-corrected chi connectivity index (χ3v) is 2.80. The van der Waals surface area contributed by atoms with Crippen molar-refractivity contribution in [1.29, 1.82) is 0 Å². The normalized spacial score (nSPS) is 23.6. The maximum Gasteiger partial charge on any atom is 0.253 e. The minimum absolute atomic E-state index is 0.0221. The summed E-state index contributed by atoms with van der Waals surface area (Å²) in [5, 5.41) is 12.1. The van der Waals surface area contributed by atoms with Crippen LogP contribution in [0.5, 0.6) is 0 Å². The summed E-state index contributed by atoms with van der Waals surface area (Å²) in [7, 11) is 0. The molecule has 0 spiro atoms. The molecule has 1 amide bonds. The lowest BCUT2D eigenvalue weighted by Crippen LogP contribution is -2.46. The number of carbonyl (C=O) groups excluding carboxylic acids is 1. The Bertz CT molecular complexity index is 419. The molecule has 0 unspecified atom stereocenters. The van der Waals surface area contributed by atoms with Gasteiger partial charge in [0.15, 0.2) is 0 Å². The van der Waals surface area contributed by atoms with Crippen LogP contribution in [0.15, 0.2) is 12.3 Å². The molecule has 1 aromatic heterocycles. The average molecular weight is 242 g/mol. The number of carbonyl (C=O) groups is 1. The van der Waals surface area contributed by atoms with Crippen molar-refractivity contribution in [2.45, 2.75) is 25.0 Å². The van der Waals surface area contributed by atoms with Crippen molar-refractivity contribution in [2.75, 3.05) is 5.73 Å². The first-order valence-corrected chi connectivity index (χ1v) is 5.34. The Balaban J connectivity index is 2.05. The zero-order chi connectivity index (χ0) is 11.7. The summed E-state index contributed by atoms with van der Waals surface area (Å²) in [5.41, 5.74) is 6.24. The Morgan fingerprint density at radius 2 is 2.31 bits per heavy atom. The average Bonchev–Trinajstić information content (AvgIpc) is 2.19. The van der Waals surface area contributed by atoms with Crippen LogP contribution in [0, 0.1) is 0 Å². The van der Waals surface area contributed by atoms with E-state index in [1.54, 1.807) is 0 Å². The first kappa shape index (κ1) is 11.2. The summed E-state index contributed by atoms with van der Waals surface area (Å²) in [6.45, 7) is 0. The lowest BCUT2D eigenvalue weighted by molar-refractivity contribution is 0.0563. The second-order valence-corrected chi connectivity index (χ2v) is 4.28. The third-order valence-electron chi connectivity index (χ3n) is 2.59. The van der Waals surface area contributed by atoms with E-state index in [1.807, 2.05) is 0 Å². The standard InChI is InChI=1S/C10H12ClN3O2/c11-9-3-7(8(12)4-13-9)10(16)14-5-1-6(15)2-5/h3-6,15H,1-2,12H2,(H,14,16). The maximum atomic E-state index is 11.8. The molecule has 1 aliphatic carbocycles. The van der Waals surface area contributed by atoms with Gasteiger partial charge in [-0.05, 0) is 18.9 Å². The minimum Gasteiger partial charge on any atom is -0.397 e. The van der Waals surface area contributed by atoms with Crippen molar-refractivity contribution >= 4 is 23.2 Å². The number of aliphatic hydroxyl groups is 1. The number of aliphatic hydroxyl groups excluding tert-OH is 1. The van der Waals surface area contributed by atoms with E-state index in [1.165, 1.54) is 12.3 Å². The highest BCUT2D eigenvalue weighted by Crippen LogP contribution is 2.21. The van der Waals surface area contributed by atoms with E-state index < -0.39 is 0 Å². The number of aromatic nitrogens is 1. The van der Waals surface area contributed by atoms with Crippen molar-refractivity contribution in [1.82, 2.24) is 10.3 Å². The summed E-state index contributed by atoms with van der Waals surface area (Å²) in [6, 6.07) is 1.45. The van der Waals surface area contributed by atoms with Gasteiger partial charge in [-0.3, -0.25) is 4.79 Å². The molecule has 0 atom stereocenters. The van der Waals surface area contributed by atoms with E-state index in [0.717, 1.165) is 0 Å². The number of nitrogens with two attached hydrogens (primary N) is 1. The van der Waals surface area contributed by atoms with Crippen LogP contribution >= 0.6 is 11.6 Å². The van der Waals surface area contributed by atoms with Gasteiger partial charge in [-0.15, -0.1) is 0 Å². The van der Waals surface area contributed by atoms with Gasteiger partial charge in [-0.25, -0.2) is 4.98 Å². The lowest BCUT2D eigenvalue weighted by atomic mass is 9.89. The van der Waals surface area contributed by atoms with Crippen molar-refractivity contribution in [2.24, 2.45) is 0 Å². The molecule has 2 rings (SSSR count). The maximum absolute atomic E-state index is 11.8. The second kappa shape index (κ2) is 4.27. The fraction of sp³-hybridized carbons (Fsp3) is 0.400. The number of anilines is 1. The second-order valence-electron chi connectivity index (χ2n) is 3.89. The van der Waals surface area contributed by atoms with Crippen LogP contribution in [0.4, 0.5) is 5.69 Å². The Morgan fingerprint density at radius 1 is 1.62 bits per heavy atom. The van der Waals surface area contributed by atoms with Gasteiger partial charge in [-0.2, -0.15) is 0 Å². The highest BCUT2D eigenvalue weighted by Gasteiger charge is 2.29. The van der Waals surface area contributed by atoms with Gasteiger partial charge in [0.05, 0.1) is 23.6 Å². The van der Waals surface area contributed by atoms with Crippen LogP contribution in [0.25, 0.3) is 0 Å². The zero-order valence-electron chi connectivity index (χ0n) is 8.48. The summed E-state index contributed by atoms with van der Waals surface area (Å²) >= 11 is 5.68. The minimum atomic E-state index is -0.302. The molecule has 4 N–H and O–H groups in total. The molecule has 0 aromatic carbocycles. The molecule has 1 saturated carbocycles. The predicted molar refractivity (Wildman–Crippen MR) is 60.2 cm³/mol. The molecular weight excluding hydrogens is 230 g/mol. The smallest absolute Gasteiger partial charge is 0.253 e. The van der Waals surface area contributed by atoms with Crippen molar-refractivity contribution < 1.29 is 9.90 Å². The van der Waals surface area contributed by atoms with E-state index in [9.17, 15) is 4.79 Å². The van der Waals surface area contributed by atoms with Gasteiger partial charge >= 0.3 is 0 Å². The number of pyridine rings is 1. The van der Waals surface area contributed by atoms with E-state index in [4.69, 9.17) is 22.4 Å². The van der Waals surface area contributed by atoms with Gasteiger partial charge in [0, 0.05) is 6.04 Å². The summed E-state index contributed by atoms with van der Waals surface area (Å²) < 4.78 is 0. The first-order valence-electron chi connectivity index (χ1n) is 4.96. The third kappa shape index (κ3) is 2.25. The molecule has 16 heavy (non-hydrogen) atoms. The number of nitrogen functional groups attached to an aromatic ring is 1. The molecule has 1 heterocycles. The number of nitrogens with one attached hydrogen (secondary N) is 1. The van der Waals surface area contributed by atoms with Crippen molar-refractivity contribution in [3.8, 4) is 0 Å². The Morgan fingerprint density at radius 3 is 2.94 bits per heavy atom. The summed E-state index contributed by atoms with van der Waals surface area (Å²) in [6.07, 6.45) is 2.23. The molecule has 0 radical (unpaired) electrons. The van der Waals surface area contributed by atoms with Gasteiger partial charge in [0.25, 0.3) is 5.91 Å². The van der Waals surface area contributed by atoms with E-state index in [2.05, 4.69) is 10.3 Å². The molecule has 1 aromatic rings. The molecule has 0 aliphatic heterocycles. The molecular formula is C10H12ClN3O2. The summed E-state index contributed by atoms with van der Waals surface area (Å²) in [4.78, 5) is 15.5. The Labute approximate surface area is 97.6 Å². The molecule has 0 bridgehead atoms. The zero-order valence-corrected chi connectivity index (χ0v) is 9.24. The van der Waals surface area contributed by atoms with Crippen LogP contribution in [0.3, 0.4) is 0 Å². The number of hydrogen-bond donors (Lipinski definition) is 3. The quantitative estimate of drug-likeness (QED) is 0.661. The monoisotopic (exact) mass is 241 g/mol. The summed E-state index contributed by atoms with van der Waals surface area (Å²) in [5.74, 6) is -0.279. The van der Waals surface area contributed by atoms with Crippen LogP contribution in [-0.2, 0) is 0 Å². The Hall–Kier alpha value is -1.33. The highest BCUT2D eigenvalue weighted by atomic mass is 35.5. The molecule has 0 saturated heterocycles. The first-order chi connectivity index (χ1) is 7.56. The lowest BCUT2D eigenvalue weighted by Gasteiger charge is -2.32. The number of hydrogen-bond acceptors (Lipinski definition) is 4. The van der Waals surface area contributed by atoms with E-state index in [0.29, 0.717) is 24.1 Å². The molecule has 1 fully saturated rings. The Kier molecular flexibility index (Phi) is 2.98. The van der Waals surface area contributed by atoms with Gasteiger partial charge in [0.2, 0.25) is 0 Å². The topological polar surface area (TPSA) is 88.2 Å². The van der Waals surface area contributed by atoms with Crippen LogP contribution < -0.4 is 11.1 Å². The fourth-order valence-corrected chi connectivity index (χ4v) is 1.76. The highest BCUT2D eigenvalue weighted by molar-refractivity contribution is 6.29. The van der Waals surface area contributed by atoms with Crippen molar-refractivity contribution in [3.63, 3.8) is 0 Å². The van der Waals surface area contributed by atoms with Gasteiger partial charge in [0.1, 0.15) is 5.15 Å². The van der Waals surface area contributed by atoms with Crippen LogP contribution in [0.2, 0.25) is 5.15 Å². The molecule has 6 heteroatoms. The number of rotatable bonds is 2. The number of halogens is 1. The van der Waals surface area contributed by atoms with E-state index >= 15 is 0 Å². The largest absolute Gasteiger partial charge is 0.397 e. The molecule has 5 nitrogen and oxygen atoms in total. The predicted octanol–water partition coefficient (Wildman–Crippen LogP) is 0.570. The van der Waals surface area contributed by atoms with Crippen LogP contribution in [0.1, 0.15) is 23.2 Å². The number of amides is 1. The van der Waals surface area contributed by atoms with E-state index in [-0.39, 0.29) is 23.2 Å². The van der Waals surface area contributed by atoms with Gasteiger partial charge < -0.3 is 16.2 Å². The number of nitrogens with zero attached hydrogens (tertiary/aromatic N) is 1. The van der Waals surface area contributed by atoms with Crippen LogP contribution in [-0.4, -0.2) is 28.1 Å². The fourth-order valence-electron chi connectivity index (χ4n) is 1.61. The van der Waals surface area contributed by atoms with Gasteiger partial charge in [-0.1, -0.05) is 11.6 Å². The molecule has 1 aliphatic rings. The SMILES string of the molecule is Nc1cnc(Cl)cc1C(=O)NC1CC(O)C1. The van der Waals surface area contributed by atoms with Crippen molar-refractivity contribution in [3.05, 3.63) is 23.0 Å². The molecule has 86 valence electrons.